The third-order valence-electron chi connectivity index (χ3n) is 4.35. The molecule has 0 unspecified atom stereocenters. The topological polar surface area (TPSA) is 56.8 Å². The van der Waals surface area contributed by atoms with Gasteiger partial charge < -0.3 is 15.2 Å². The van der Waals surface area contributed by atoms with Gasteiger partial charge in [-0.05, 0) is 25.0 Å². The Bertz CT molecular complexity index is 476. The van der Waals surface area contributed by atoms with Crippen molar-refractivity contribution in [3.8, 4) is 0 Å². The van der Waals surface area contributed by atoms with Crippen LogP contribution in [0.5, 0.6) is 0 Å². The van der Waals surface area contributed by atoms with E-state index >= 15 is 0 Å². The van der Waals surface area contributed by atoms with E-state index in [-0.39, 0.29) is 12.1 Å². The van der Waals surface area contributed by atoms with Crippen LogP contribution in [0.25, 0.3) is 0 Å². The molecule has 0 amide bonds. The van der Waals surface area contributed by atoms with Crippen molar-refractivity contribution in [2.24, 2.45) is 10.7 Å². The Morgan fingerprint density at radius 3 is 2.75 bits per heavy atom. The summed E-state index contributed by atoms with van der Waals surface area (Å²) in [5, 5.41) is 0. The van der Waals surface area contributed by atoms with Crippen molar-refractivity contribution in [1.82, 2.24) is 0 Å². The highest BCUT2D eigenvalue weighted by molar-refractivity contribution is 5.95. The SMILES string of the molecule is CCCCCCC[C@H](N)CCOC[C@@H]1COC(c2ccccc2)=N1. The number of rotatable bonds is 12. The first kappa shape index (κ1) is 18.9. The zero-order valence-corrected chi connectivity index (χ0v) is 15.0. The molecule has 0 spiro atoms. The molecule has 2 atom stereocenters. The minimum absolute atomic E-state index is 0.102. The molecular weight excluding hydrogens is 300 g/mol. The van der Waals surface area contributed by atoms with Gasteiger partial charge in [0.2, 0.25) is 5.90 Å². The summed E-state index contributed by atoms with van der Waals surface area (Å²) in [6.07, 6.45) is 8.55. The molecule has 0 aromatic heterocycles. The molecule has 24 heavy (non-hydrogen) atoms. The first-order valence-electron chi connectivity index (χ1n) is 9.39. The molecule has 0 bridgehead atoms. The second-order valence-electron chi connectivity index (χ2n) is 6.59. The van der Waals surface area contributed by atoms with E-state index in [4.69, 9.17) is 15.2 Å². The number of unbranched alkanes of at least 4 members (excludes halogenated alkanes) is 4. The van der Waals surface area contributed by atoms with E-state index in [2.05, 4.69) is 11.9 Å². The van der Waals surface area contributed by atoms with Gasteiger partial charge in [0.25, 0.3) is 0 Å². The predicted octanol–water partition coefficient (Wildman–Crippen LogP) is 3.93. The maximum absolute atomic E-state index is 6.15. The molecule has 0 saturated heterocycles. The summed E-state index contributed by atoms with van der Waals surface area (Å²) >= 11 is 0. The highest BCUT2D eigenvalue weighted by Crippen LogP contribution is 2.13. The first-order valence-corrected chi connectivity index (χ1v) is 9.39. The third-order valence-corrected chi connectivity index (χ3v) is 4.35. The van der Waals surface area contributed by atoms with Gasteiger partial charge in [0.05, 0.1) is 6.61 Å². The Morgan fingerprint density at radius 1 is 1.17 bits per heavy atom. The minimum Gasteiger partial charge on any atom is -0.475 e. The highest BCUT2D eigenvalue weighted by Gasteiger charge is 2.20. The Hall–Kier alpha value is -1.39. The Labute approximate surface area is 146 Å². The molecule has 1 heterocycles. The smallest absolute Gasteiger partial charge is 0.216 e. The van der Waals surface area contributed by atoms with Crippen LogP contribution in [-0.2, 0) is 9.47 Å². The van der Waals surface area contributed by atoms with Crippen LogP contribution in [-0.4, -0.2) is 37.8 Å². The summed E-state index contributed by atoms with van der Waals surface area (Å²) in [6, 6.07) is 10.4. The van der Waals surface area contributed by atoms with E-state index in [9.17, 15) is 0 Å². The average molecular weight is 332 g/mol. The second-order valence-corrected chi connectivity index (χ2v) is 6.59. The van der Waals surface area contributed by atoms with Crippen LogP contribution in [0.15, 0.2) is 35.3 Å². The van der Waals surface area contributed by atoms with Crippen molar-refractivity contribution < 1.29 is 9.47 Å². The van der Waals surface area contributed by atoms with E-state index in [1.165, 1.54) is 32.1 Å². The number of hydrogen-bond donors (Lipinski definition) is 1. The predicted molar refractivity (Wildman–Crippen MR) is 99.5 cm³/mol. The molecule has 1 aliphatic heterocycles. The molecule has 1 aliphatic rings. The Morgan fingerprint density at radius 2 is 1.96 bits per heavy atom. The molecule has 2 N–H and O–H groups in total. The zero-order chi connectivity index (χ0) is 17.0. The molecule has 4 heteroatoms. The summed E-state index contributed by atoms with van der Waals surface area (Å²) in [4.78, 5) is 4.59. The van der Waals surface area contributed by atoms with E-state index in [1.807, 2.05) is 30.3 Å². The highest BCUT2D eigenvalue weighted by atomic mass is 16.5. The van der Waals surface area contributed by atoms with Gasteiger partial charge >= 0.3 is 0 Å². The Balaban J connectivity index is 1.54. The van der Waals surface area contributed by atoms with Crippen LogP contribution in [0, 0.1) is 0 Å². The lowest BCUT2D eigenvalue weighted by molar-refractivity contribution is 0.106. The lowest BCUT2D eigenvalue weighted by Gasteiger charge is -2.12. The molecule has 1 aromatic carbocycles. The van der Waals surface area contributed by atoms with Gasteiger partial charge in [-0.2, -0.15) is 0 Å². The number of hydrogen-bond acceptors (Lipinski definition) is 4. The molecule has 0 aliphatic carbocycles. The molecular formula is C20H32N2O2. The number of ether oxygens (including phenoxy) is 2. The van der Waals surface area contributed by atoms with E-state index in [1.54, 1.807) is 0 Å². The van der Waals surface area contributed by atoms with Gasteiger partial charge in [-0.25, -0.2) is 4.99 Å². The van der Waals surface area contributed by atoms with Gasteiger partial charge in [0.1, 0.15) is 12.6 Å². The van der Waals surface area contributed by atoms with Gasteiger partial charge in [-0.3, -0.25) is 0 Å². The van der Waals surface area contributed by atoms with E-state index in [0.717, 1.165) is 24.3 Å². The van der Waals surface area contributed by atoms with Crippen molar-refractivity contribution in [1.29, 1.82) is 0 Å². The van der Waals surface area contributed by atoms with Crippen LogP contribution < -0.4 is 5.73 Å². The number of nitrogens with two attached hydrogens (primary N) is 1. The van der Waals surface area contributed by atoms with Crippen LogP contribution in [0.1, 0.15) is 57.4 Å². The summed E-state index contributed by atoms with van der Waals surface area (Å²) in [5.74, 6) is 0.730. The van der Waals surface area contributed by atoms with Gasteiger partial charge in [0.15, 0.2) is 0 Å². The molecule has 1 aromatic rings. The molecule has 0 saturated carbocycles. The monoisotopic (exact) mass is 332 g/mol. The fourth-order valence-corrected chi connectivity index (χ4v) is 2.85. The Kier molecular flexibility index (Phi) is 8.85. The number of aliphatic imine (C=N–C) groups is 1. The second kappa shape index (κ2) is 11.2. The normalized spacial score (nSPS) is 18.2. The van der Waals surface area contributed by atoms with Gasteiger partial charge in [0, 0.05) is 18.2 Å². The van der Waals surface area contributed by atoms with Crippen molar-refractivity contribution in [3.63, 3.8) is 0 Å². The molecule has 134 valence electrons. The summed E-state index contributed by atoms with van der Waals surface area (Å²) in [5.41, 5.74) is 7.18. The largest absolute Gasteiger partial charge is 0.475 e. The number of benzene rings is 1. The van der Waals surface area contributed by atoms with Crippen LogP contribution in [0.4, 0.5) is 0 Å². The van der Waals surface area contributed by atoms with Crippen molar-refractivity contribution in [2.45, 2.75) is 64.0 Å². The lowest BCUT2D eigenvalue weighted by atomic mass is 10.1. The van der Waals surface area contributed by atoms with E-state index < -0.39 is 0 Å². The average Bonchev–Trinajstić information content (AvgIpc) is 3.08. The standard InChI is InChI=1S/C20H32N2O2/c1-2-3-4-5-9-12-18(21)13-14-23-15-19-16-24-20(22-19)17-10-7-6-8-11-17/h6-8,10-11,18-19H,2-5,9,12-16,21H2,1H3/t18-,19+/m0/s1. The van der Waals surface area contributed by atoms with Crippen molar-refractivity contribution in [2.75, 3.05) is 19.8 Å². The fourth-order valence-electron chi connectivity index (χ4n) is 2.85. The molecule has 2 rings (SSSR count). The van der Waals surface area contributed by atoms with Crippen molar-refractivity contribution in [3.05, 3.63) is 35.9 Å². The molecule has 0 fully saturated rings. The van der Waals surface area contributed by atoms with Gasteiger partial charge in [-0.1, -0.05) is 57.2 Å². The maximum atomic E-state index is 6.15. The van der Waals surface area contributed by atoms with Gasteiger partial charge in [-0.15, -0.1) is 0 Å². The summed E-state index contributed by atoms with van der Waals surface area (Å²) < 4.78 is 11.4. The summed E-state index contributed by atoms with van der Waals surface area (Å²) in [7, 11) is 0. The maximum Gasteiger partial charge on any atom is 0.216 e. The zero-order valence-electron chi connectivity index (χ0n) is 15.0. The van der Waals surface area contributed by atoms with Crippen LogP contribution in [0.2, 0.25) is 0 Å². The fraction of sp³-hybridized carbons (Fsp3) is 0.650. The minimum atomic E-state index is 0.102. The first-order chi connectivity index (χ1) is 11.8. The molecule has 4 nitrogen and oxygen atoms in total. The quantitative estimate of drug-likeness (QED) is 0.590. The number of nitrogens with zero attached hydrogens (tertiary/aromatic N) is 1. The lowest BCUT2D eigenvalue weighted by Crippen LogP contribution is -2.23. The summed E-state index contributed by atoms with van der Waals surface area (Å²) in [6.45, 7) is 4.17. The third kappa shape index (κ3) is 7.02. The van der Waals surface area contributed by atoms with Crippen molar-refractivity contribution >= 4 is 5.90 Å². The van der Waals surface area contributed by atoms with Crippen LogP contribution >= 0.6 is 0 Å². The molecule has 0 radical (unpaired) electrons. The van der Waals surface area contributed by atoms with E-state index in [0.29, 0.717) is 19.8 Å². The van der Waals surface area contributed by atoms with Crippen LogP contribution in [0.3, 0.4) is 0 Å².